The Kier molecular flexibility index (Phi) is 5.90. The highest BCUT2D eigenvalue weighted by Crippen LogP contribution is 2.20. The van der Waals surface area contributed by atoms with Crippen LogP contribution in [-0.2, 0) is 16.6 Å². The van der Waals surface area contributed by atoms with Crippen LogP contribution in [0.2, 0.25) is 0 Å². The van der Waals surface area contributed by atoms with Gasteiger partial charge in [0.05, 0.1) is 11.4 Å². The molecule has 1 N–H and O–H groups in total. The Morgan fingerprint density at radius 3 is 2.57 bits per heavy atom. The molecule has 0 aliphatic rings. The monoisotopic (exact) mass is 291 g/mol. The molecule has 1 heterocycles. The van der Waals surface area contributed by atoms with Crippen molar-refractivity contribution in [2.24, 2.45) is 7.05 Å². The molecular weight excluding hydrogens is 270 g/mol. The van der Waals surface area contributed by atoms with Gasteiger partial charge in [0.15, 0.2) is 0 Å². The normalized spacial score (nSPS) is 12.3. The second kappa shape index (κ2) is 7.42. The molecule has 1 aromatic rings. The van der Waals surface area contributed by atoms with Gasteiger partial charge < -0.3 is 10.1 Å². The zero-order valence-electron chi connectivity index (χ0n) is 12.6. The Hall–Kier alpha value is -2.37. The second-order valence-electron chi connectivity index (χ2n) is 4.56. The lowest BCUT2D eigenvalue weighted by atomic mass is 10.1. The molecule has 1 aromatic heterocycles. The summed E-state index contributed by atoms with van der Waals surface area (Å²) in [5, 5.41) is 2.54. The van der Waals surface area contributed by atoms with Crippen molar-refractivity contribution in [3.63, 3.8) is 0 Å². The molecule has 0 spiro atoms. The SMILES string of the molecule is C=Cc1c(/C=C\C)n(C(CCC=O)C(=O)NC)c(=O)n1C. The highest BCUT2D eigenvalue weighted by molar-refractivity contribution is 5.81. The van der Waals surface area contributed by atoms with E-state index in [1.54, 1.807) is 25.3 Å². The van der Waals surface area contributed by atoms with E-state index >= 15 is 0 Å². The van der Waals surface area contributed by atoms with Crippen LogP contribution in [-0.4, -0.2) is 28.4 Å². The molecule has 6 heteroatoms. The molecule has 114 valence electrons. The summed E-state index contributed by atoms with van der Waals surface area (Å²) < 4.78 is 2.86. The predicted molar refractivity (Wildman–Crippen MR) is 82.9 cm³/mol. The van der Waals surface area contributed by atoms with Gasteiger partial charge in [-0.3, -0.25) is 13.9 Å². The second-order valence-corrected chi connectivity index (χ2v) is 4.56. The van der Waals surface area contributed by atoms with Gasteiger partial charge in [-0.25, -0.2) is 4.79 Å². The fraction of sp³-hybridized carbons (Fsp3) is 0.400. The van der Waals surface area contributed by atoms with Crippen molar-refractivity contribution in [2.45, 2.75) is 25.8 Å². The zero-order valence-corrected chi connectivity index (χ0v) is 12.6. The number of aldehydes is 1. The minimum absolute atomic E-state index is 0.206. The number of likely N-dealkylation sites (N-methyl/N-ethyl adjacent to an activating group) is 1. The van der Waals surface area contributed by atoms with E-state index in [1.807, 2.05) is 6.92 Å². The number of hydrogen-bond donors (Lipinski definition) is 1. The number of aromatic nitrogens is 2. The molecule has 0 radical (unpaired) electrons. The van der Waals surface area contributed by atoms with Crippen molar-refractivity contribution >= 4 is 24.3 Å². The van der Waals surface area contributed by atoms with Crippen LogP contribution in [0.1, 0.15) is 37.2 Å². The fourth-order valence-corrected chi connectivity index (χ4v) is 2.30. The largest absolute Gasteiger partial charge is 0.357 e. The highest BCUT2D eigenvalue weighted by Gasteiger charge is 2.26. The van der Waals surface area contributed by atoms with E-state index in [9.17, 15) is 14.4 Å². The van der Waals surface area contributed by atoms with Crippen LogP contribution < -0.4 is 11.0 Å². The van der Waals surface area contributed by atoms with Gasteiger partial charge >= 0.3 is 5.69 Å². The maximum absolute atomic E-state index is 12.4. The Morgan fingerprint density at radius 1 is 1.43 bits per heavy atom. The number of hydrogen-bond acceptors (Lipinski definition) is 3. The predicted octanol–water partition coefficient (Wildman–Crippen LogP) is 1.13. The first-order valence-electron chi connectivity index (χ1n) is 6.75. The summed E-state index contributed by atoms with van der Waals surface area (Å²) >= 11 is 0. The van der Waals surface area contributed by atoms with Crippen LogP contribution >= 0.6 is 0 Å². The molecule has 0 saturated carbocycles. The topological polar surface area (TPSA) is 73.1 Å². The van der Waals surface area contributed by atoms with Crippen LogP contribution in [0.5, 0.6) is 0 Å². The quantitative estimate of drug-likeness (QED) is 0.765. The van der Waals surface area contributed by atoms with Gasteiger partial charge in [-0.2, -0.15) is 0 Å². The number of allylic oxidation sites excluding steroid dienone is 1. The average molecular weight is 291 g/mol. The van der Waals surface area contributed by atoms with Gasteiger partial charge in [-0.1, -0.05) is 12.7 Å². The van der Waals surface area contributed by atoms with Gasteiger partial charge in [0.2, 0.25) is 5.91 Å². The summed E-state index contributed by atoms with van der Waals surface area (Å²) in [5.74, 6) is -0.300. The lowest BCUT2D eigenvalue weighted by Crippen LogP contribution is -2.36. The van der Waals surface area contributed by atoms with E-state index in [4.69, 9.17) is 0 Å². The molecule has 0 aromatic carbocycles. The number of carbonyl (C=O) groups excluding carboxylic acids is 2. The average Bonchev–Trinajstić information content (AvgIpc) is 2.72. The van der Waals surface area contributed by atoms with Gasteiger partial charge in [0.25, 0.3) is 0 Å². The van der Waals surface area contributed by atoms with Gasteiger partial charge in [-0.05, 0) is 25.5 Å². The van der Waals surface area contributed by atoms with Crippen LogP contribution in [0.4, 0.5) is 0 Å². The van der Waals surface area contributed by atoms with Gasteiger partial charge in [0, 0.05) is 20.5 Å². The zero-order chi connectivity index (χ0) is 16.0. The van der Waals surface area contributed by atoms with Crippen LogP contribution in [0.25, 0.3) is 12.2 Å². The number of amides is 1. The van der Waals surface area contributed by atoms with Gasteiger partial charge in [0.1, 0.15) is 12.3 Å². The molecule has 1 amide bonds. The molecule has 1 unspecified atom stereocenters. The molecule has 1 rings (SSSR count). The molecule has 1 atom stereocenters. The smallest absolute Gasteiger partial charge is 0.329 e. The molecule has 21 heavy (non-hydrogen) atoms. The molecule has 0 aliphatic carbocycles. The maximum Gasteiger partial charge on any atom is 0.329 e. The first kappa shape index (κ1) is 16.7. The molecule has 0 fully saturated rings. The van der Waals surface area contributed by atoms with Crippen molar-refractivity contribution in [3.8, 4) is 0 Å². The third-order valence-corrected chi connectivity index (χ3v) is 3.31. The first-order valence-corrected chi connectivity index (χ1v) is 6.75. The summed E-state index contributed by atoms with van der Waals surface area (Å²) in [7, 11) is 3.14. The number of carbonyl (C=O) groups is 2. The number of imidazole rings is 1. The minimum Gasteiger partial charge on any atom is -0.357 e. The Morgan fingerprint density at radius 2 is 2.10 bits per heavy atom. The third-order valence-electron chi connectivity index (χ3n) is 3.31. The van der Waals surface area contributed by atoms with Crippen LogP contribution in [0, 0.1) is 0 Å². The van der Waals surface area contributed by atoms with Crippen LogP contribution in [0.3, 0.4) is 0 Å². The number of rotatable bonds is 7. The van der Waals surface area contributed by atoms with E-state index in [1.165, 1.54) is 16.2 Å². The molecule has 0 aliphatic heterocycles. The van der Waals surface area contributed by atoms with E-state index in [0.717, 1.165) is 6.29 Å². The van der Waals surface area contributed by atoms with E-state index in [2.05, 4.69) is 11.9 Å². The molecule has 0 bridgehead atoms. The van der Waals surface area contributed by atoms with Gasteiger partial charge in [-0.15, -0.1) is 0 Å². The highest BCUT2D eigenvalue weighted by atomic mass is 16.2. The van der Waals surface area contributed by atoms with Crippen molar-refractivity contribution in [3.05, 3.63) is 34.5 Å². The summed E-state index contributed by atoms with van der Waals surface area (Å²) in [5.41, 5.74) is 0.940. The fourth-order valence-electron chi connectivity index (χ4n) is 2.30. The Bertz CT molecular complexity index is 623. The maximum atomic E-state index is 12.4. The minimum atomic E-state index is -0.723. The van der Waals surface area contributed by atoms with Crippen molar-refractivity contribution in [2.75, 3.05) is 7.05 Å². The summed E-state index contributed by atoms with van der Waals surface area (Å²) in [6.07, 6.45) is 6.35. The number of nitrogens with zero attached hydrogens (tertiary/aromatic N) is 2. The van der Waals surface area contributed by atoms with Crippen molar-refractivity contribution in [1.82, 2.24) is 14.5 Å². The van der Waals surface area contributed by atoms with Crippen molar-refractivity contribution in [1.29, 1.82) is 0 Å². The third kappa shape index (κ3) is 3.21. The molecule has 6 nitrogen and oxygen atoms in total. The standard InChI is InChI=1S/C15H21N3O3/c1-5-8-12-11(6-2)17(4)15(21)18(12)13(9-7-10-19)14(20)16-3/h5-6,8,10,13H,2,7,9H2,1,3-4H3,(H,16,20)/b8-5-. The molecule has 0 saturated heterocycles. The lowest BCUT2D eigenvalue weighted by Gasteiger charge is -2.17. The first-order chi connectivity index (χ1) is 10.0. The van der Waals surface area contributed by atoms with E-state index in [-0.39, 0.29) is 24.4 Å². The van der Waals surface area contributed by atoms with Crippen LogP contribution in [0.15, 0.2) is 17.4 Å². The van der Waals surface area contributed by atoms with E-state index in [0.29, 0.717) is 11.4 Å². The lowest BCUT2D eigenvalue weighted by molar-refractivity contribution is -0.124. The van der Waals surface area contributed by atoms with Crippen molar-refractivity contribution < 1.29 is 9.59 Å². The summed E-state index contributed by atoms with van der Waals surface area (Å²) in [6, 6.07) is -0.723. The summed E-state index contributed by atoms with van der Waals surface area (Å²) in [6.45, 7) is 5.54. The summed E-state index contributed by atoms with van der Waals surface area (Å²) in [4.78, 5) is 35.2. The Balaban J connectivity index is 3.56. The van der Waals surface area contributed by atoms with E-state index < -0.39 is 6.04 Å². The number of nitrogens with one attached hydrogen (secondary N) is 1. The Labute approximate surface area is 123 Å². The molecular formula is C15H21N3O3.